The Morgan fingerprint density at radius 3 is 0.966 bits per heavy atom. The van der Waals surface area contributed by atoms with Crippen LogP contribution in [0.25, 0.3) is 258 Å². The highest BCUT2D eigenvalue weighted by Crippen LogP contribution is 2.57. The second-order valence-corrected chi connectivity index (χ2v) is 41.7. The van der Waals surface area contributed by atoms with Crippen molar-refractivity contribution in [2.24, 2.45) is 0 Å². The standard InChI is InChI=1S/C51H36.C49H34.C45H32/c1-4-32-12-9-15-41-31-45(43-17-7-8-18-44(43)49(32)41)40-22-21-37-28-36(19-20-38(37)29-40)34-13-10-14-35(27-34)39-24-25-47-46(30-39)50-42-16-6-5-11-33(42)23-26-48(50)51(47,2)3;1-49(2)46-17-8-7-15-42(46)45-29-37(24-25-47(45)49)33-12-9-11-32(26-33)34-19-20-36-28-38(22-21-35(36)27-34)44-30-39-23-18-31-10-3-4-13-40(31)48(39)43-16-6-5-14-41(43)44;1-45(2)42-17-8-7-16-40(42)44-39-15-6-5-14-38(39)41(28-43(44)45)37-13-9-12-31(27-37)32-20-21-36-26-35(23-22-34(36)25-32)33-19-18-29-10-3-4-11-30(29)24-33/h4-31H,1H2,2-3H3;3-30H,1-2H3;3-28H,1-2H3. The number of hydrogen-bond acceptors (Lipinski definition) is 0. The smallest absolute Gasteiger partial charge is 0.0159 e. The molecule has 0 bridgehead atoms. The van der Waals surface area contributed by atoms with Crippen molar-refractivity contribution in [3.05, 3.63) is 537 Å². The Labute approximate surface area is 846 Å². The minimum absolute atomic E-state index is 0.0214. The molecule has 0 spiro atoms. The summed E-state index contributed by atoms with van der Waals surface area (Å²) < 4.78 is 0. The summed E-state index contributed by atoms with van der Waals surface area (Å²) in [7, 11) is 0. The van der Waals surface area contributed by atoms with E-state index < -0.39 is 0 Å². The summed E-state index contributed by atoms with van der Waals surface area (Å²) in [5.74, 6) is 0. The quantitative estimate of drug-likeness (QED) is 0.120. The molecule has 0 aliphatic heterocycles. The summed E-state index contributed by atoms with van der Waals surface area (Å²) in [6.07, 6.45) is 1.96. The van der Waals surface area contributed by atoms with Crippen LogP contribution >= 0.6 is 0 Å². The molecule has 0 heteroatoms. The summed E-state index contributed by atoms with van der Waals surface area (Å²) in [4.78, 5) is 0. The van der Waals surface area contributed by atoms with Crippen molar-refractivity contribution in [3.8, 4) is 134 Å². The van der Waals surface area contributed by atoms with Gasteiger partial charge in [-0.05, 0) is 382 Å². The zero-order valence-corrected chi connectivity index (χ0v) is 82.0. The van der Waals surface area contributed by atoms with Gasteiger partial charge in [-0.1, -0.05) is 455 Å². The summed E-state index contributed by atoms with van der Waals surface area (Å²) in [6.45, 7) is 18.2. The molecular formula is C145H102. The maximum Gasteiger partial charge on any atom is 0.0159 e. The molecule has 0 saturated heterocycles. The van der Waals surface area contributed by atoms with Crippen LogP contribution < -0.4 is 0 Å². The maximum absolute atomic E-state index is 4.09. The van der Waals surface area contributed by atoms with Gasteiger partial charge in [-0.25, -0.2) is 0 Å². The third-order valence-corrected chi connectivity index (χ3v) is 32.4. The Morgan fingerprint density at radius 2 is 0.428 bits per heavy atom. The van der Waals surface area contributed by atoms with Gasteiger partial charge in [-0.2, -0.15) is 0 Å². The van der Waals surface area contributed by atoms with Crippen LogP contribution in [0.3, 0.4) is 0 Å². The van der Waals surface area contributed by atoms with Gasteiger partial charge < -0.3 is 0 Å². The molecule has 0 unspecified atom stereocenters. The van der Waals surface area contributed by atoms with Gasteiger partial charge in [0.2, 0.25) is 0 Å². The molecule has 682 valence electrons. The molecule has 26 aromatic rings. The zero-order chi connectivity index (χ0) is 97.1. The topological polar surface area (TPSA) is 0 Å². The molecule has 26 aromatic carbocycles. The average molecular weight is 1840 g/mol. The molecule has 3 aliphatic carbocycles. The van der Waals surface area contributed by atoms with Crippen LogP contribution in [-0.2, 0) is 16.2 Å². The predicted octanol–water partition coefficient (Wildman–Crippen LogP) is 40.3. The Hall–Kier alpha value is -17.7. The summed E-state index contributed by atoms with van der Waals surface area (Å²) in [6, 6.07) is 183. The van der Waals surface area contributed by atoms with Gasteiger partial charge in [0.15, 0.2) is 0 Å². The molecule has 0 amide bonds. The van der Waals surface area contributed by atoms with E-state index in [1.165, 1.54) is 291 Å². The van der Waals surface area contributed by atoms with E-state index in [1.54, 1.807) is 0 Å². The van der Waals surface area contributed by atoms with Crippen LogP contribution in [0.5, 0.6) is 0 Å². The first-order valence-corrected chi connectivity index (χ1v) is 51.0. The minimum Gasteiger partial charge on any atom is -0.0984 e. The lowest BCUT2D eigenvalue weighted by molar-refractivity contribution is 0.660. The fraction of sp³-hybridized carbons (Fsp3) is 0.0621. The normalized spacial score (nSPS) is 13.2. The maximum atomic E-state index is 4.09. The molecule has 29 rings (SSSR count). The van der Waals surface area contributed by atoms with Crippen LogP contribution in [0.4, 0.5) is 0 Å². The van der Waals surface area contributed by atoms with Gasteiger partial charge in [0.1, 0.15) is 0 Å². The summed E-state index contributed by atoms with van der Waals surface area (Å²) >= 11 is 0. The lowest BCUT2D eigenvalue weighted by Crippen LogP contribution is -2.15. The van der Waals surface area contributed by atoms with Gasteiger partial charge in [0.25, 0.3) is 0 Å². The van der Waals surface area contributed by atoms with Gasteiger partial charge in [0.05, 0.1) is 0 Å². The SMILES string of the molecule is C=Cc1cccc2cc(-c3ccc4cc(-c5cccc(-c6ccc7c(c6)-c6c(ccc8ccccc68)C7(C)C)c5)ccc4c3)c3ccccc3c12.CC1(C)c2ccccc2-c2c1cc(-c1cccc(-c3ccc4cc(-c5ccc6ccccc6c5)ccc4c3)c1)c1ccccc21.CC1(C)c2ccccc2-c2cc(-c3cccc(-c4ccc5cc(-c6cc7ccc8ccccc8c7c7ccccc67)ccc5c4)c3)ccc21. The molecule has 0 saturated carbocycles. The van der Waals surface area contributed by atoms with Crippen molar-refractivity contribution in [2.45, 2.75) is 57.8 Å². The van der Waals surface area contributed by atoms with E-state index in [1.807, 2.05) is 6.08 Å². The number of hydrogen-bond donors (Lipinski definition) is 0. The van der Waals surface area contributed by atoms with Crippen LogP contribution in [0, 0.1) is 0 Å². The lowest BCUT2D eigenvalue weighted by atomic mass is 9.80. The first kappa shape index (κ1) is 86.4. The van der Waals surface area contributed by atoms with E-state index in [-0.39, 0.29) is 16.2 Å². The summed E-state index contributed by atoms with van der Waals surface area (Å²) in [5.41, 5.74) is 40.2. The molecule has 0 atom stereocenters. The van der Waals surface area contributed by atoms with Crippen molar-refractivity contribution in [1.29, 1.82) is 0 Å². The number of fused-ring (bicyclic) bond motifs is 25. The highest BCUT2D eigenvalue weighted by Gasteiger charge is 2.40. The Balaban J connectivity index is 0.000000108. The van der Waals surface area contributed by atoms with Gasteiger partial charge in [-0.3, -0.25) is 0 Å². The second-order valence-electron chi connectivity index (χ2n) is 41.7. The predicted molar refractivity (Wildman–Crippen MR) is 624 cm³/mol. The zero-order valence-electron chi connectivity index (χ0n) is 82.0. The third kappa shape index (κ3) is 14.5. The highest BCUT2D eigenvalue weighted by atomic mass is 14.4. The van der Waals surface area contributed by atoms with Crippen molar-refractivity contribution in [3.63, 3.8) is 0 Å². The molecule has 0 radical (unpaired) electrons. The van der Waals surface area contributed by atoms with Gasteiger partial charge >= 0.3 is 0 Å². The van der Waals surface area contributed by atoms with Crippen LogP contribution in [-0.4, -0.2) is 0 Å². The molecule has 0 nitrogen and oxygen atoms in total. The van der Waals surface area contributed by atoms with Gasteiger partial charge in [-0.15, -0.1) is 0 Å². The summed E-state index contributed by atoms with van der Waals surface area (Å²) in [5, 5.41) is 28.1. The molecule has 3 aliphatic rings. The minimum atomic E-state index is -0.0492. The molecule has 145 heavy (non-hydrogen) atoms. The van der Waals surface area contributed by atoms with E-state index in [0.29, 0.717) is 0 Å². The van der Waals surface area contributed by atoms with Crippen LogP contribution in [0.15, 0.2) is 498 Å². The fourth-order valence-corrected chi connectivity index (χ4v) is 24.9. The average Bonchev–Trinajstić information content (AvgIpc) is 1.58. The Morgan fingerprint density at radius 1 is 0.145 bits per heavy atom. The highest BCUT2D eigenvalue weighted by molar-refractivity contribution is 6.24. The lowest BCUT2D eigenvalue weighted by Gasteiger charge is -2.23. The third-order valence-electron chi connectivity index (χ3n) is 32.4. The van der Waals surface area contributed by atoms with E-state index in [4.69, 9.17) is 0 Å². The van der Waals surface area contributed by atoms with Crippen LogP contribution in [0.2, 0.25) is 0 Å². The number of benzene rings is 26. The van der Waals surface area contributed by atoms with Gasteiger partial charge in [0, 0.05) is 16.2 Å². The first-order chi connectivity index (χ1) is 71.0. The fourth-order valence-electron chi connectivity index (χ4n) is 24.9. The molecule has 0 N–H and O–H groups in total. The Bertz CT molecular complexity index is 9950. The molecule has 0 heterocycles. The second kappa shape index (κ2) is 34.1. The molecule has 0 fully saturated rings. The molecular weight excluding hydrogens is 1740 g/mol. The monoisotopic (exact) mass is 1840 g/mol. The first-order valence-electron chi connectivity index (χ1n) is 51.0. The number of rotatable bonds is 10. The van der Waals surface area contributed by atoms with E-state index in [9.17, 15) is 0 Å². The van der Waals surface area contributed by atoms with Crippen molar-refractivity contribution in [1.82, 2.24) is 0 Å². The van der Waals surface area contributed by atoms with Crippen molar-refractivity contribution >= 4 is 125 Å². The largest absolute Gasteiger partial charge is 0.0984 e. The van der Waals surface area contributed by atoms with Crippen LogP contribution in [0.1, 0.15) is 80.5 Å². The van der Waals surface area contributed by atoms with E-state index in [0.717, 1.165) is 0 Å². The molecule has 0 aromatic heterocycles. The van der Waals surface area contributed by atoms with Crippen molar-refractivity contribution < 1.29 is 0 Å². The Kier molecular flexibility index (Phi) is 20.3. The van der Waals surface area contributed by atoms with E-state index in [2.05, 4.69) is 539 Å². The van der Waals surface area contributed by atoms with E-state index >= 15 is 0 Å². The van der Waals surface area contributed by atoms with Crippen molar-refractivity contribution in [2.75, 3.05) is 0 Å².